The Morgan fingerprint density at radius 2 is 1.81 bits per heavy atom. The number of morpholine rings is 1. The summed E-state index contributed by atoms with van der Waals surface area (Å²) in [5.74, 6) is 0.496. The van der Waals surface area contributed by atoms with Crippen molar-refractivity contribution in [3.63, 3.8) is 0 Å². The first-order valence-corrected chi connectivity index (χ1v) is 10.3. The van der Waals surface area contributed by atoms with E-state index in [0.717, 1.165) is 63.5 Å². The molecule has 0 spiro atoms. The number of aromatic nitrogens is 1. The van der Waals surface area contributed by atoms with Gasteiger partial charge in [-0.1, -0.05) is 0 Å². The van der Waals surface area contributed by atoms with Gasteiger partial charge < -0.3 is 14.2 Å². The molecule has 3 rings (SSSR count). The first-order chi connectivity index (χ1) is 12.9. The number of carbonyl (C=O) groups is 1. The number of aryl methyl sites for hydroxylation is 2. The fourth-order valence-electron chi connectivity index (χ4n) is 4.61. The Labute approximate surface area is 162 Å². The summed E-state index contributed by atoms with van der Waals surface area (Å²) >= 11 is 0. The van der Waals surface area contributed by atoms with Crippen LogP contribution in [0.25, 0.3) is 0 Å². The number of piperidine rings is 1. The smallest absolute Gasteiger partial charge is 0.263 e. The van der Waals surface area contributed by atoms with Gasteiger partial charge in [0.15, 0.2) is 0 Å². The molecule has 6 nitrogen and oxygen atoms in total. The number of nitrogens with zero attached hydrogens (tertiary/aromatic N) is 3. The Morgan fingerprint density at radius 3 is 2.41 bits per heavy atom. The van der Waals surface area contributed by atoms with Crippen LogP contribution in [0.3, 0.4) is 0 Å². The van der Waals surface area contributed by atoms with E-state index in [1.165, 1.54) is 0 Å². The Bertz CT molecular complexity index is 729. The van der Waals surface area contributed by atoms with E-state index in [-0.39, 0.29) is 11.5 Å². The van der Waals surface area contributed by atoms with Crippen LogP contribution in [0.5, 0.6) is 0 Å². The molecule has 0 saturated carbocycles. The van der Waals surface area contributed by atoms with E-state index in [1.807, 2.05) is 31.7 Å². The zero-order valence-corrected chi connectivity index (χ0v) is 17.2. The van der Waals surface area contributed by atoms with Gasteiger partial charge in [0.2, 0.25) is 0 Å². The summed E-state index contributed by atoms with van der Waals surface area (Å²) in [4.78, 5) is 30.3. The Kier molecular flexibility index (Phi) is 6.37. The molecule has 27 heavy (non-hydrogen) atoms. The van der Waals surface area contributed by atoms with E-state index in [1.54, 1.807) is 4.57 Å². The lowest BCUT2D eigenvalue weighted by Crippen LogP contribution is -2.49. The highest BCUT2D eigenvalue weighted by atomic mass is 16.5. The number of hydrogen-bond acceptors (Lipinski definition) is 4. The minimum Gasteiger partial charge on any atom is -0.379 e. The molecule has 3 heterocycles. The van der Waals surface area contributed by atoms with Crippen molar-refractivity contribution in [3.8, 4) is 0 Å². The molecule has 0 unspecified atom stereocenters. The van der Waals surface area contributed by atoms with Crippen LogP contribution in [0.15, 0.2) is 10.9 Å². The topological polar surface area (TPSA) is 54.8 Å². The van der Waals surface area contributed by atoms with Gasteiger partial charge in [0, 0.05) is 44.5 Å². The minimum absolute atomic E-state index is 0.0998. The van der Waals surface area contributed by atoms with Crippen LogP contribution >= 0.6 is 0 Å². The number of amides is 1. The summed E-state index contributed by atoms with van der Waals surface area (Å²) in [7, 11) is 0. The molecule has 0 aromatic carbocycles. The quantitative estimate of drug-likeness (QED) is 0.808. The van der Waals surface area contributed by atoms with Crippen LogP contribution in [0.1, 0.15) is 48.3 Å². The second kappa shape index (κ2) is 8.57. The molecule has 0 bridgehead atoms. The monoisotopic (exact) mass is 375 g/mol. The molecule has 1 aromatic rings. The molecule has 2 saturated heterocycles. The molecule has 2 fully saturated rings. The molecule has 2 aliphatic rings. The van der Waals surface area contributed by atoms with E-state index < -0.39 is 0 Å². The maximum atomic E-state index is 13.1. The van der Waals surface area contributed by atoms with Crippen LogP contribution in [-0.2, 0) is 11.3 Å². The second-order valence-corrected chi connectivity index (χ2v) is 7.91. The molecule has 0 N–H and O–H groups in total. The number of rotatable bonds is 4. The van der Waals surface area contributed by atoms with E-state index in [4.69, 9.17) is 4.74 Å². The number of likely N-dealkylation sites (tertiary alicyclic amines) is 1. The van der Waals surface area contributed by atoms with E-state index in [9.17, 15) is 9.59 Å². The lowest BCUT2D eigenvalue weighted by atomic mass is 9.89. The second-order valence-electron chi connectivity index (χ2n) is 7.91. The predicted octanol–water partition coefficient (Wildman–Crippen LogP) is 2.06. The third kappa shape index (κ3) is 4.11. The van der Waals surface area contributed by atoms with Gasteiger partial charge in [0.25, 0.3) is 11.5 Å². The normalized spacial score (nSPS) is 20.7. The maximum absolute atomic E-state index is 13.1. The van der Waals surface area contributed by atoms with Crippen molar-refractivity contribution in [1.82, 2.24) is 14.4 Å². The van der Waals surface area contributed by atoms with Crippen LogP contribution in [0, 0.1) is 19.8 Å². The number of pyridine rings is 1. The largest absolute Gasteiger partial charge is 0.379 e. The molecule has 2 aliphatic heterocycles. The lowest BCUT2D eigenvalue weighted by Gasteiger charge is -2.41. The third-order valence-electron chi connectivity index (χ3n) is 6.37. The fourth-order valence-corrected chi connectivity index (χ4v) is 4.61. The zero-order valence-electron chi connectivity index (χ0n) is 17.2. The van der Waals surface area contributed by atoms with Gasteiger partial charge in [-0.05, 0) is 58.1 Å². The molecule has 6 heteroatoms. The van der Waals surface area contributed by atoms with Gasteiger partial charge in [-0.25, -0.2) is 0 Å². The Morgan fingerprint density at radius 1 is 1.19 bits per heavy atom. The summed E-state index contributed by atoms with van der Waals surface area (Å²) < 4.78 is 7.15. The number of carbonyl (C=O) groups excluding carboxylic acids is 1. The Balaban J connectivity index is 1.68. The minimum atomic E-state index is -0.149. The number of ether oxygens (including phenoxy) is 1. The van der Waals surface area contributed by atoms with Gasteiger partial charge in [-0.3, -0.25) is 14.5 Å². The molecule has 150 valence electrons. The van der Waals surface area contributed by atoms with E-state index in [0.29, 0.717) is 24.1 Å². The summed E-state index contributed by atoms with van der Waals surface area (Å²) in [6.07, 6.45) is 1.99. The summed E-state index contributed by atoms with van der Waals surface area (Å²) in [6, 6.07) is 2.47. The molecular formula is C21H33N3O3. The van der Waals surface area contributed by atoms with Crippen molar-refractivity contribution in [2.45, 2.75) is 53.1 Å². The van der Waals surface area contributed by atoms with Gasteiger partial charge in [-0.15, -0.1) is 0 Å². The summed E-state index contributed by atoms with van der Waals surface area (Å²) in [6.45, 7) is 13.7. The standard InChI is InChI=1S/C21H33N3O3/c1-5-24-16(3)14-15(2)19(21(24)26)20(25)23-8-6-18(7-9-23)17(4)22-10-12-27-13-11-22/h14,17-18H,5-13H2,1-4H3/t17-/m0/s1. The molecule has 0 radical (unpaired) electrons. The summed E-state index contributed by atoms with van der Waals surface area (Å²) in [5.41, 5.74) is 1.90. The predicted molar refractivity (Wildman–Crippen MR) is 106 cm³/mol. The Hall–Kier alpha value is -1.66. The third-order valence-corrected chi connectivity index (χ3v) is 6.37. The molecule has 0 aliphatic carbocycles. The van der Waals surface area contributed by atoms with Crippen molar-refractivity contribution in [2.24, 2.45) is 5.92 Å². The molecule has 1 amide bonds. The van der Waals surface area contributed by atoms with Crippen LogP contribution in [0.4, 0.5) is 0 Å². The number of hydrogen-bond donors (Lipinski definition) is 0. The average molecular weight is 376 g/mol. The van der Waals surface area contributed by atoms with Gasteiger partial charge >= 0.3 is 0 Å². The first-order valence-electron chi connectivity index (χ1n) is 10.3. The average Bonchev–Trinajstić information content (AvgIpc) is 2.68. The lowest BCUT2D eigenvalue weighted by molar-refractivity contribution is -0.000969. The van der Waals surface area contributed by atoms with Crippen molar-refractivity contribution >= 4 is 5.91 Å². The van der Waals surface area contributed by atoms with E-state index >= 15 is 0 Å². The van der Waals surface area contributed by atoms with Gasteiger partial charge in [0.1, 0.15) is 5.56 Å². The van der Waals surface area contributed by atoms with Crippen molar-refractivity contribution in [1.29, 1.82) is 0 Å². The fraction of sp³-hybridized carbons (Fsp3) is 0.714. The molecular weight excluding hydrogens is 342 g/mol. The van der Waals surface area contributed by atoms with Crippen LogP contribution < -0.4 is 5.56 Å². The van der Waals surface area contributed by atoms with Crippen LogP contribution in [0.2, 0.25) is 0 Å². The van der Waals surface area contributed by atoms with Crippen LogP contribution in [-0.4, -0.2) is 65.7 Å². The molecule has 1 aromatic heterocycles. The SMILES string of the molecule is CCn1c(C)cc(C)c(C(=O)N2CCC([C@H](C)N3CCOCC3)CC2)c1=O. The zero-order chi connectivity index (χ0) is 19.6. The first kappa shape index (κ1) is 20.1. The van der Waals surface area contributed by atoms with E-state index in [2.05, 4.69) is 11.8 Å². The van der Waals surface area contributed by atoms with Gasteiger partial charge in [0.05, 0.1) is 13.2 Å². The van der Waals surface area contributed by atoms with Crippen molar-refractivity contribution < 1.29 is 9.53 Å². The highest BCUT2D eigenvalue weighted by Gasteiger charge is 2.31. The van der Waals surface area contributed by atoms with Gasteiger partial charge in [-0.2, -0.15) is 0 Å². The van der Waals surface area contributed by atoms with Crippen molar-refractivity contribution in [2.75, 3.05) is 39.4 Å². The van der Waals surface area contributed by atoms with Crippen molar-refractivity contribution in [3.05, 3.63) is 33.2 Å². The molecule has 1 atom stereocenters. The highest BCUT2D eigenvalue weighted by Crippen LogP contribution is 2.25. The maximum Gasteiger partial charge on any atom is 0.263 e. The highest BCUT2D eigenvalue weighted by molar-refractivity contribution is 5.95. The summed E-state index contributed by atoms with van der Waals surface area (Å²) in [5, 5.41) is 0.